The number of nitrogens with one attached hydrogen (secondary N) is 1. The minimum atomic E-state index is -0.588. The molecular weight excluding hydrogens is 769 g/mol. The number of non-ortho nitro benzene ring substituents is 2. The number of rotatable bonds is 15. The quantitative estimate of drug-likeness (QED) is 0.0436. The van der Waals surface area contributed by atoms with E-state index in [9.17, 15) is 40.7 Å². The number of phenolic OH excluding ortho intramolecular Hbond substituents is 4. The smallest absolute Gasteiger partial charge is 0.271 e. The fraction of sp³-hybridized carbons (Fsp3) is 0.368. The fourth-order valence-electron chi connectivity index (χ4n) is 5.14. The van der Waals surface area contributed by atoms with E-state index in [0.29, 0.717) is 0 Å². The summed E-state index contributed by atoms with van der Waals surface area (Å²) in [5.74, 6) is -0.589. The van der Waals surface area contributed by atoms with Gasteiger partial charge in [0.25, 0.3) is 11.4 Å². The van der Waals surface area contributed by atoms with E-state index in [1.54, 1.807) is 41.3 Å². The average Bonchev–Trinajstić information content (AvgIpc) is 3.17. The number of hydrogen-bond donors (Lipinski definition) is 5. The van der Waals surface area contributed by atoms with E-state index in [4.69, 9.17) is 0 Å². The SMILES string of the molecule is CCN(CC)c1ccc(N=Nc2cc([N+](=O)[O-])ccc2O)c(O)c1.CCN(CC)c1ccc(N=Nc2cc([N+](=O)[O-])ccc2O)c(O)c1.CC[NH+](CC)CC.[Co]. The Bertz CT molecular complexity index is 1780. The van der Waals surface area contributed by atoms with Gasteiger partial charge in [-0.1, -0.05) is 0 Å². The van der Waals surface area contributed by atoms with Gasteiger partial charge in [0.2, 0.25) is 0 Å². The number of azo groups is 2. The zero-order valence-electron chi connectivity index (χ0n) is 32.7. The number of anilines is 2. The zero-order chi connectivity index (χ0) is 41.1. The molecule has 0 amide bonds. The summed E-state index contributed by atoms with van der Waals surface area (Å²) < 4.78 is 0. The average molecular weight is 822 g/mol. The van der Waals surface area contributed by atoms with Gasteiger partial charge in [-0.25, -0.2) is 0 Å². The van der Waals surface area contributed by atoms with Crippen molar-refractivity contribution in [1.29, 1.82) is 0 Å². The summed E-state index contributed by atoms with van der Waals surface area (Å²) in [5, 5.41) is 76.4. The van der Waals surface area contributed by atoms with E-state index in [-0.39, 0.29) is 73.9 Å². The number of nitrogens with zero attached hydrogens (tertiary/aromatic N) is 8. The van der Waals surface area contributed by atoms with Crippen LogP contribution in [0, 0.1) is 20.2 Å². The molecule has 0 aromatic heterocycles. The molecule has 5 N–H and O–H groups in total. The van der Waals surface area contributed by atoms with Crippen molar-refractivity contribution in [2.75, 3.05) is 55.6 Å². The third kappa shape index (κ3) is 14.4. The molecule has 0 saturated heterocycles. The Hall–Kier alpha value is -5.85. The molecule has 0 heterocycles. The van der Waals surface area contributed by atoms with Crippen molar-refractivity contribution >= 4 is 45.5 Å². The number of aromatic hydroxyl groups is 4. The van der Waals surface area contributed by atoms with Gasteiger partial charge in [0.15, 0.2) is 0 Å². The van der Waals surface area contributed by atoms with Crippen LogP contribution in [-0.4, -0.2) is 76.1 Å². The Labute approximate surface area is 337 Å². The normalized spacial score (nSPS) is 10.6. The maximum absolute atomic E-state index is 10.8. The van der Waals surface area contributed by atoms with Crippen molar-refractivity contribution in [1.82, 2.24) is 0 Å². The van der Waals surface area contributed by atoms with Crippen LogP contribution in [0.1, 0.15) is 48.5 Å². The summed E-state index contributed by atoms with van der Waals surface area (Å²) in [5.41, 5.74) is 1.62. The fourth-order valence-corrected chi connectivity index (χ4v) is 5.14. The van der Waals surface area contributed by atoms with Crippen LogP contribution in [0.3, 0.4) is 0 Å². The third-order valence-electron chi connectivity index (χ3n) is 8.55. The first kappa shape index (κ1) is 48.2. The molecule has 4 aromatic carbocycles. The standard InChI is InChI=1S/2C16H18N4O4.C6H15N.Co/c2*1-3-19(4-2)11-5-7-13(16(22)10-11)17-18-14-9-12(20(23)24)6-8-15(14)21;1-4-7(5-2)6-3;/h2*5-10,21-22H,3-4H2,1-2H3;4-6H2,1-3H3;/p+1. The second kappa shape index (κ2) is 24.5. The molecular formula is C38H52CoN9O8+. The molecule has 0 saturated carbocycles. The summed E-state index contributed by atoms with van der Waals surface area (Å²) in [6.07, 6.45) is 0. The van der Waals surface area contributed by atoms with Crippen LogP contribution < -0.4 is 14.7 Å². The van der Waals surface area contributed by atoms with Gasteiger partial charge in [-0.15, -0.1) is 20.5 Å². The van der Waals surface area contributed by atoms with Gasteiger partial charge < -0.3 is 35.1 Å². The van der Waals surface area contributed by atoms with Crippen molar-refractivity contribution in [2.24, 2.45) is 20.5 Å². The minimum Gasteiger partial charge on any atom is -0.506 e. The molecule has 0 unspecified atom stereocenters. The molecule has 4 rings (SSSR count). The van der Waals surface area contributed by atoms with E-state index in [1.807, 2.05) is 27.7 Å². The van der Waals surface area contributed by atoms with E-state index < -0.39 is 9.85 Å². The number of nitro benzene ring substituents is 2. The Morgan fingerprint density at radius 3 is 1.07 bits per heavy atom. The van der Waals surface area contributed by atoms with Crippen LogP contribution in [0.2, 0.25) is 0 Å². The summed E-state index contributed by atoms with van der Waals surface area (Å²) in [4.78, 5) is 26.1. The Balaban J connectivity index is 0.000000472. The van der Waals surface area contributed by atoms with Crippen LogP contribution in [0.25, 0.3) is 0 Å². The number of phenols is 4. The molecule has 0 aliphatic rings. The van der Waals surface area contributed by atoms with E-state index in [0.717, 1.165) is 49.7 Å². The molecule has 0 bridgehead atoms. The molecule has 305 valence electrons. The Kier molecular flexibility index (Phi) is 21.1. The topological polar surface area (TPSA) is 228 Å². The molecule has 0 spiro atoms. The minimum absolute atomic E-state index is 0. The summed E-state index contributed by atoms with van der Waals surface area (Å²) in [7, 11) is 0. The van der Waals surface area contributed by atoms with E-state index in [1.165, 1.54) is 43.9 Å². The number of benzene rings is 4. The summed E-state index contributed by atoms with van der Waals surface area (Å²) in [6.45, 7) is 21.8. The summed E-state index contributed by atoms with van der Waals surface area (Å²) in [6, 6.07) is 16.9. The van der Waals surface area contributed by atoms with Gasteiger partial charge >= 0.3 is 0 Å². The second-order valence-corrected chi connectivity index (χ2v) is 11.8. The monoisotopic (exact) mass is 821 g/mol. The van der Waals surface area contributed by atoms with Gasteiger partial charge in [-0.3, -0.25) is 20.2 Å². The van der Waals surface area contributed by atoms with Crippen molar-refractivity contribution in [3.8, 4) is 23.0 Å². The van der Waals surface area contributed by atoms with Gasteiger partial charge in [-0.2, -0.15) is 0 Å². The van der Waals surface area contributed by atoms with Gasteiger partial charge in [0.05, 0.1) is 29.5 Å². The molecule has 0 aliphatic heterocycles. The third-order valence-corrected chi connectivity index (χ3v) is 8.55. The van der Waals surface area contributed by atoms with Gasteiger partial charge in [0.1, 0.15) is 45.7 Å². The molecule has 4 aromatic rings. The first-order valence-electron chi connectivity index (χ1n) is 18.0. The Morgan fingerprint density at radius 2 is 0.821 bits per heavy atom. The molecule has 0 atom stereocenters. The van der Waals surface area contributed by atoms with Crippen molar-refractivity contribution in [2.45, 2.75) is 48.5 Å². The van der Waals surface area contributed by atoms with E-state index in [2.05, 4.69) is 51.0 Å². The Morgan fingerprint density at radius 1 is 0.500 bits per heavy atom. The maximum atomic E-state index is 10.8. The van der Waals surface area contributed by atoms with Crippen LogP contribution >= 0.6 is 0 Å². The maximum Gasteiger partial charge on any atom is 0.271 e. The van der Waals surface area contributed by atoms with Crippen molar-refractivity contribution in [3.63, 3.8) is 0 Å². The molecule has 1 radical (unpaired) electrons. The number of quaternary nitrogens is 1. The number of hydrogen-bond acceptors (Lipinski definition) is 14. The zero-order valence-corrected chi connectivity index (χ0v) is 33.8. The first-order valence-corrected chi connectivity index (χ1v) is 18.0. The van der Waals surface area contributed by atoms with E-state index >= 15 is 0 Å². The van der Waals surface area contributed by atoms with Crippen LogP contribution in [0.5, 0.6) is 23.0 Å². The molecule has 0 aliphatic carbocycles. The molecule has 0 fully saturated rings. The largest absolute Gasteiger partial charge is 0.506 e. The van der Waals surface area contributed by atoms with Crippen LogP contribution in [0.15, 0.2) is 93.3 Å². The predicted octanol–water partition coefficient (Wildman–Crippen LogP) is 8.46. The van der Waals surface area contributed by atoms with Gasteiger partial charge in [-0.05, 0) is 84.9 Å². The predicted molar refractivity (Wildman–Crippen MR) is 214 cm³/mol. The van der Waals surface area contributed by atoms with Crippen LogP contribution in [0.4, 0.5) is 45.5 Å². The molecule has 56 heavy (non-hydrogen) atoms. The van der Waals surface area contributed by atoms with Crippen LogP contribution in [-0.2, 0) is 16.8 Å². The van der Waals surface area contributed by atoms with Crippen molar-refractivity contribution < 1.29 is 52.0 Å². The summed E-state index contributed by atoms with van der Waals surface area (Å²) >= 11 is 0. The van der Waals surface area contributed by atoms with Crippen molar-refractivity contribution in [3.05, 3.63) is 93.0 Å². The number of nitro groups is 2. The molecule has 18 heteroatoms. The molecule has 17 nitrogen and oxygen atoms in total. The second-order valence-electron chi connectivity index (χ2n) is 11.8. The first-order chi connectivity index (χ1) is 26.3. The van der Waals surface area contributed by atoms with Gasteiger partial charge in [0, 0.05) is 90.7 Å².